The molecule has 4 heteroatoms. The monoisotopic (exact) mass is 292 g/mol. The third-order valence-corrected chi connectivity index (χ3v) is 3.36. The molecule has 4 nitrogen and oxygen atoms in total. The summed E-state index contributed by atoms with van der Waals surface area (Å²) in [4.78, 5) is 19.4. The number of nitrogens with one attached hydrogen (secondary N) is 1. The first-order valence-electron chi connectivity index (χ1n) is 7.15. The molecule has 110 valence electrons. The van der Waals surface area contributed by atoms with Gasteiger partial charge in [0.25, 0.3) is 0 Å². The van der Waals surface area contributed by atoms with Crippen molar-refractivity contribution in [3.8, 4) is 0 Å². The number of carbonyl (C=O) groups is 1. The van der Waals surface area contributed by atoms with Crippen molar-refractivity contribution in [1.29, 1.82) is 0 Å². The fraction of sp³-hybridized carbons (Fsp3) is 0.111. The molecule has 22 heavy (non-hydrogen) atoms. The van der Waals surface area contributed by atoms with Crippen LogP contribution in [0, 0.1) is 0 Å². The summed E-state index contributed by atoms with van der Waals surface area (Å²) in [5, 5.41) is 1.13. The minimum Gasteiger partial charge on any atom is -0.463 e. The maximum absolute atomic E-state index is 11.9. The van der Waals surface area contributed by atoms with Gasteiger partial charge in [-0.1, -0.05) is 18.2 Å². The molecule has 0 saturated heterocycles. The smallest absolute Gasteiger partial charge is 0.331 e. The lowest BCUT2D eigenvalue weighted by Gasteiger charge is -2.08. The molecule has 2 aromatic heterocycles. The van der Waals surface area contributed by atoms with Gasteiger partial charge in [0, 0.05) is 29.6 Å². The number of benzene rings is 1. The van der Waals surface area contributed by atoms with E-state index in [-0.39, 0.29) is 5.97 Å². The first kappa shape index (κ1) is 14.1. The lowest BCUT2D eigenvalue weighted by atomic mass is 10.0. The Morgan fingerprint density at radius 1 is 1.27 bits per heavy atom. The summed E-state index contributed by atoms with van der Waals surface area (Å²) in [5.41, 5.74) is 3.42. The molecule has 0 unspecified atom stereocenters. The summed E-state index contributed by atoms with van der Waals surface area (Å²) < 4.78 is 5.04. The third kappa shape index (κ3) is 2.91. The van der Waals surface area contributed by atoms with Crippen LogP contribution in [0.2, 0.25) is 0 Å². The Labute approximate surface area is 128 Å². The van der Waals surface area contributed by atoms with E-state index in [1.165, 1.54) is 6.08 Å². The first-order chi connectivity index (χ1) is 10.8. The summed E-state index contributed by atoms with van der Waals surface area (Å²) in [6.45, 7) is 2.14. The SMILES string of the molecule is CCOC(=O)C=C(c1ccc2cc[nH]c2c1)c1ccccn1. The summed E-state index contributed by atoms with van der Waals surface area (Å²) in [7, 11) is 0. The molecule has 0 aliphatic rings. The second kappa shape index (κ2) is 6.26. The fourth-order valence-electron chi connectivity index (χ4n) is 2.34. The second-order valence-electron chi connectivity index (χ2n) is 4.80. The van der Waals surface area contributed by atoms with E-state index in [0.717, 1.165) is 27.7 Å². The van der Waals surface area contributed by atoms with E-state index in [1.54, 1.807) is 13.1 Å². The van der Waals surface area contributed by atoms with Crippen LogP contribution in [-0.4, -0.2) is 22.5 Å². The summed E-state index contributed by atoms with van der Waals surface area (Å²) in [6.07, 6.45) is 5.10. The Balaban J connectivity index is 2.10. The molecule has 0 spiro atoms. The Kier molecular flexibility index (Phi) is 4.01. The molecule has 3 rings (SSSR count). The molecule has 0 saturated carbocycles. The average Bonchev–Trinajstić information content (AvgIpc) is 3.01. The van der Waals surface area contributed by atoms with Gasteiger partial charge in [0.1, 0.15) is 0 Å². The number of carbonyl (C=O) groups excluding carboxylic acids is 1. The molecule has 0 radical (unpaired) electrons. The molecular weight excluding hydrogens is 276 g/mol. The maximum atomic E-state index is 11.9. The fourth-order valence-corrected chi connectivity index (χ4v) is 2.34. The van der Waals surface area contributed by atoms with E-state index in [1.807, 2.05) is 48.7 Å². The van der Waals surface area contributed by atoms with Gasteiger partial charge in [-0.3, -0.25) is 4.98 Å². The molecule has 3 aromatic rings. The topological polar surface area (TPSA) is 55.0 Å². The molecule has 0 aliphatic heterocycles. The highest BCUT2D eigenvalue weighted by Gasteiger charge is 2.10. The van der Waals surface area contributed by atoms with Gasteiger partial charge in [0.05, 0.1) is 12.3 Å². The molecule has 1 N–H and O–H groups in total. The lowest BCUT2D eigenvalue weighted by Crippen LogP contribution is -2.02. The molecule has 0 atom stereocenters. The largest absolute Gasteiger partial charge is 0.463 e. The van der Waals surface area contributed by atoms with E-state index in [4.69, 9.17) is 4.74 Å². The number of fused-ring (bicyclic) bond motifs is 1. The van der Waals surface area contributed by atoms with E-state index < -0.39 is 0 Å². The number of pyridine rings is 1. The van der Waals surface area contributed by atoms with E-state index in [2.05, 4.69) is 9.97 Å². The highest BCUT2D eigenvalue weighted by atomic mass is 16.5. The van der Waals surface area contributed by atoms with Gasteiger partial charge in [-0.15, -0.1) is 0 Å². The Morgan fingerprint density at radius 2 is 2.18 bits per heavy atom. The normalized spacial score (nSPS) is 11.6. The zero-order valence-electron chi connectivity index (χ0n) is 12.2. The van der Waals surface area contributed by atoms with Crippen molar-refractivity contribution >= 4 is 22.4 Å². The van der Waals surface area contributed by atoms with Gasteiger partial charge >= 0.3 is 5.97 Å². The molecule has 0 fully saturated rings. The number of hydrogen-bond donors (Lipinski definition) is 1. The number of aromatic nitrogens is 2. The Morgan fingerprint density at radius 3 is 2.95 bits per heavy atom. The number of H-pyrrole nitrogens is 1. The van der Waals surface area contributed by atoms with Crippen LogP contribution >= 0.6 is 0 Å². The number of aromatic amines is 1. The Bertz CT molecular complexity index is 819. The van der Waals surface area contributed by atoms with E-state index >= 15 is 0 Å². The van der Waals surface area contributed by atoms with Gasteiger partial charge in [0.2, 0.25) is 0 Å². The van der Waals surface area contributed by atoms with Gasteiger partial charge in [-0.05, 0) is 42.1 Å². The van der Waals surface area contributed by atoms with Crippen LogP contribution in [0.15, 0.2) is 60.9 Å². The minimum absolute atomic E-state index is 0.348. The number of esters is 1. The highest BCUT2D eigenvalue weighted by Crippen LogP contribution is 2.25. The molecule has 1 aromatic carbocycles. The number of rotatable bonds is 4. The predicted molar refractivity (Wildman–Crippen MR) is 86.2 cm³/mol. The van der Waals surface area contributed by atoms with Crippen molar-refractivity contribution in [1.82, 2.24) is 9.97 Å². The highest BCUT2D eigenvalue weighted by molar-refractivity contribution is 5.97. The quantitative estimate of drug-likeness (QED) is 0.591. The van der Waals surface area contributed by atoms with Gasteiger partial charge < -0.3 is 9.72 Å². The van der Waals surface area contributed by atoms with Crippen LogP contribution in [0.5, 0.6) is 0 Å². The standard InChI is InChI=1S/C18H16N2O2/c1-2-22-18(21)12-15(16-5-3-4-9-19-16)14-7-6-13-8-10-20-17(13)11-14/h3-12,20H,2H2,1H3. The molecule has 0 aliphatic carbocycles. The number of hydrogen-bond acceptors (Lipinski definition) is 3. The van der Waals surface area contributed by atoms with Gasteiger partial charge in [-0.2, -0.15) is 0 Å². The lowest BCUT2D eigenvalue weighted by molar-refractivity contribution is -0.137. The summed E-state index contributed by atoms with van der Waals surface area (Å²) in [5.74, 6) is -0.366. The summed E-state index contributed by atoms with van der Waals surface area (Å²) in [6, 6.07) is 13.6. The van der Waals surface area contributed by atoms with E-state index in [0.29, 0.717) is 6.61 Å². The van der Waals surface area contributed by atoms with Crippen LogP contribution in [0.1, 0.15) is 18.2 Å². The Hall–Kier alpha value is -2.88. The van der Waals surface area contributed by atoms with Crippen molar-refractivity contribution in [3.05, 3.63) is 72.2 Å². The summed E-state index contributed by atoms with van der Waals surface area (Å²) >= 11 is 0. The van der Waals surface area contributed by atoms with Crippen LogP contribution in [0.4, 0.5) is 0 Å². The molecular formula is C18H16N2O2. The van der Waals surface area contributed by atoms with Gasteiger partial charge in [-0.25, -0.2) is 4.79 Å². The van der Waals surface area contributed by atoms with Crippen LogP contribution in [-0.2, 0) is 9.53 Å². The first-order valence-corrected chi connectivity index (χ1v) is 7.15. The average molecular weight is 292 g/mol. The van der Waals surface area contributed by atoms with Crippen LogP contribution in [0.25, 0.3) is 16.5 Å². The van der Waals surface area contributed by atoms with Crippen molar-refractivity contribution < 1.29 is 9.53 Å². The number of nitrogens with zero attached hydrogens (tertiary/aromatic N) is 1. The van der Waals surface area contributed by atoms with Crippen molar-refractivity contribution in [2.75, 3.05) is 6.61 Å². The molecule has 0 amide bonds. The minimum atomic E-state index is -0.366. The maximum Gasteiger partial charge on any atom is 0.331 e. The van der Waals surface area contributed by atoms with Crippen LogP contribution < -0.4 is 0 Å². The van der Waals surface area contributed by atoms with Crippen molar-refractivity contribution in [3.63, 3.8) is 0 Å². The van der Waals surface area contributed by atoms with Crippen molar-refractivity contribution in [2.24, 2.45) is 0 Å². The van der Waals surface area contributed by atoms with Crippen molar-refractivity contribution in [2.45, 2.75) is 6.92 Å². The predicted octanol–water partition coefficient (Wildman–Crippen LogP) is 3.56. The van der Waals surface area contributed by atoms with Gasteiger partial charge in [0.15, 0.2) is 0 Å². The zero-order valence-corrected chi connectivity index (χ0v) is 12.2. The number of ether oxygens (including phenoxy) is 1. The zero-order chi connectivity index (χ0) is 15.4. The molecule has 0 bridgehead atoms. The second-order valence-corrected chi connectivity index (χ2v) is 4.80. The molecule has 2 heterocycles. The van der Waals surface area contributed by atoms with Crippen LogP contribution in [0.3, 0.4) is 0 Å². The third-order valence-electron chi connectivity index (χ3n) is 3.36. The van der Waals surface area contributed by atoms with E-state index in [9.17, 15) is 4.79 Å².